The van der Waals surface area contributed by atoms with Crippen LogP contribution in [0.25, 0.3) is 33.9 Å². The number of aromatic nitrogens is 2. The molecule has 128 valence electrons. The average molecular weight is 444 g/mol. The topological polar surface area (TPSA) is 28.7 Å². The Morgan fingerprint density at radius 1 is 0.769 bits per heavy atom. The summed E-state index contributed by atoms with van der Waals surface area (Å²) in [4.78, 5) is 8.27. The van der Waals surface area contributed by atoms with Gasteiger partial charge in [-0.15, -0.1) is 0 Å². The molecule has 0 radical (unpaired) electrons. The molecule has 5 heteroatoms. The maximum Gasteiger partial charge on any atom is 0.140 e. The number of aromatic amines is 1. The lowest BCUT2D eigenvalue weighted by atomic mass is 10.1. The summed E-state index contributed by atoms with van der Waals surface area (Å²) in [6.45, 7) is 0. The summed E-state index contributed by atoms with van der Waals surface area (Å²) in [5.41, 5.74) is 4.67. The molecule has 0 atom stereocenters. The number of hydrogen-bond donors (Lipinski definition) is 1. The summed E-state index contributed by atoms with van der Waals surface area (Å²) in [7, 11) is 0. The molecule has 1 heterocycles. The van der Waals surface area contributed by atoms with Crippen molar-refractivity contribution in [2.45, 2.75) is 0 Å². The van der Waals surface area contributed by atoms with E-state index >= 15 is 0 Å². The fourth-order valence-corrected chi connectivity index (χ4v) is 3.47. The van der Waals surface area contributed by atoms with Crippen LogP contribution in [-0.2, 0) is 0 Å². The Balaban J connectivity index is 1.93. The SMILES string of the molecule is Clc1cccc(-c2nc(-c3ccccc3)c(-c3ccc(Br)cc3)[nH]2)c1Cl. The summed E-state index contributed by atoms with van der Waals surface area (Å²) in [6, 6.07) is 23.7. The number of H-pyrrole nitrogens is 1. The Morgan fingerprint density at radius 3 is 2.23 bits per heavy atom. The van der Waals surface area contributed by atoms with Gasteiger partial charge in [-0.25, -0.2) is 4.98 Å². The smallest absolute Gasteiger partial charge is 0.140 e. The first-order valence-electron chi connectivity index (χ1n) is 7.99. The highest BCUT2D eigenvalue weighted by Crippen LogP contribution is 2.37. The minimum atomic E-state index is 0.491. The first kappa shape index (κ1) is 17.3. The Morgan fingerprint density at radius 2 is 1.50 bits per heavy atom. The van der Waals surface area contributed by atoms with Gasteiger partial charge in [-0.2, -0.15) is 0 Å². The summed E-state index contributed by atoms with van der Waals surface area (Å²) in [5, 5.41) is 0.997. The summed E-state index contributed by atoms with van der Waals surface area (Å²) in [6.07, 6.45) is 0. The zero-order valence-corrected chi connectivity index (χ0v) is 16.6. The van der Waals surface area contributed by atoms with E-state index in [9.17, 15) is 0 Å². The lowest BCUT2D eigenvalue weighted by Crippen LogP contribution is -1.83. The van der Waals surface area contributed by atoms with E-state index in [1.807, 2.05) is 66.7 Å². The van der Waals surface area contributed by atoms with Gasteiger partial charge in [0, 0.05) is 21.2 Å². The predicted octanol–water partition coefficient (Wildman–Crippen LogP) is 7.48. The van der Waals surface area contributed by atoms with Gasteiger partial charge in [-0.3, -0.25) is 0 Å². The van der Waals surface area contributed by atoms with Gasteiger partial charge in [0.25, 0.3) is 0 Å². The molecule has 0 saturated heterocycles. The fourth-order valence-electron chi connectivity index (χ4n) is 2.82. The monoisotopic (exact) mass is 442 g/mol. The van der Waals surface area contributed by atoms with Gasteiger partial charge in [0.15, 0.2) is 0 Å². The molecule has 0 fully saturated rings. The van der Waals surface area contributed by atoms with Crippen LogP contribution < -0.4 is 0 Å². The molecule has 0 aliphatic carbocycles. The van der Waals surface area contributed by atoms with E-state index in [0.29, 0.717) is 15.9 Å². The van der Waals surface area contributed by atoms with Crippen LogP contribution in [0.1, 0.15) is 0 Å². The second-order valence-electron chi connectivity index (χ2n) is 5.78. The van der Waals surface area contributed by atoms with Gasteiger partial charge in [-0.05, 0) is 24.3 Å². The molecule has 0 aliphatic heterocycles. The first-order chi connectivity index (χ1) is 12.6. The Labute approximate surface area is 170 Å². The Bertz CT molecular complexity index is 1060. The molecule has 0 unspecified atom stereocenters. The van der Waals surface area contributed by atoms with Crippen molar-refractivity contribution in [3.05, 3.63) is 87.3 Å². The third-order valence-corrected chi connectivity index (χ3v) is 5.44. The van der Waals surface area contributed by atoms with E-state index in [0.717, 1.165) is 32.6 Å². The van der Waals surface area contributed by atoms with Crippen LogP contribution >= 0.6 is 39.1 Å². The zero-order chi connectivity index (χ0) is 18.1. The van der Waals surface area contributed by atoms with Crippen molar-refractivity contribution < 1.29 is 0 Å². The summed E-state index contributed by atoms with van der Waals surface area (Å²) >= 11 is 16.1. The molecule has 4 aromatic rings. The van der Waals surface area contributed by atoms with Crippen LogP contribution in [-0.4, -0.2) is 9.97 Å². The average Bonchev–Trinajstić information content (AvgIpc) is 3.10. The van der Waals surface area contributed by atoms with Gasteiger partial charge >= 0.3 is 0 Å². The molecule has 4 rings (SSSR count). The maximum atomic E-state index is 6.40. The number of benzene rings is 3. The Kier molecular flexibility index (Phi) is 4.86. The summed E-state index contributed by atoms with van der Waals surface area (Å²) < 4.78 is 1.03. The van der Waals surface area contributed by atoms with Gasteiger partial charge in [-0.1, -0.05) is 87.7 Å². The maximum absolute atomic E-state index is 6.40. The number of halogens is 3. The van der Waals surface area contributed by atoms with E-state index < -0.39 is 0 Å². The van der Waals surface area contributed by atoms with Crippen molar-refractivity contribution >= 4 is 39.1 Å². The molecule has 0 bridgehead atoms. The quantitative estimate of drug-likeness (QED) is 0.349. The minimum absolute atomic E-state index is 0.491. The molecule has 0 aliphatic rings. The van der Waals surface area contributed by atoms with Crippen LogP contribution in [0.4, 0.5) is 0 Å². The highest BCUT2D eigenvalue weighted by atomic mass is 79.9. The van der Waals surface area contributed by atoms with E-state index in [2.05, 4.69) is 20.9 Å². The number of hydrogen-bond acceptors (Lipinski definition) is 1. The molecular weight excluding hydrogens is 431 g/mol. The van der Waals surface area contributed by atoms with Crippen molar-refractivity contribution in [1.29, 1.82) is 0 Å². The molecule has 0 amide bonds. The van der Waals surface area contributed by atoms with Crippen molar-refractivity contribution in [3.63, 3.8) is 0 Å². The standard InChI is InChI=1S/C21H13BrCl2N2/c22-15-11-9-14(10-12-15)20-19(13-5-2-1-3-6-13)25-21(26-20)16-7-4-8-17(23)18(16)24/h1-12H,(H,25,26). The lowest BCUT2D eigenvalue weighted by Gasteiger charge is -2.03. The number of nitrogens with one attached hydrogen (secondary N) is 1. The molecule has 2 nitrogen and oxygen atoms in total. The van der Waals surface area contributed by atoms with Crippen LogP contribution in [0.5, 0.6) is 0 Å². The Hall–Kier alpha value is -2.07. The second kappa shape index (κ2) is 7.28. The number of imidazole rings is 1. The second-order valence-corrected chi connectivity index (χ2v) is 7.48. The van der Waals surface area contributed by atoms with Gasteiger partial charge in [0.05, 0.1) is 21.4 Å². The highest BCUT2D eigenvalue weighted by Gasteiger charge is 2.17. The van der Waals surface area contributed by atoms with E-state index in [4.69, 9.17) is 28.2 Å². The first-order valence-corrected chi connectivity index (χ1v) is 9.54. The van der Waals surface area contributed by atoms with Gasteiger partial charge in [0.2, 0.25) is 0 Å². The normalized spacial score (nSPS) is 10.9. The third-order valence-electron chi connectivity index (χ3n) is 4.09. The van der Waals surface area contributed by atoms with Gasteiger partial charge in [0.1, 0.15) is 5.82 Å². The van der Waals surface area contributed by atoms with Crippen molar-refractivity contribution in [3.8, 4) is 33.9 Å². The molecular formula is C21H13BrCl2N2. The van der Waals surface area contributed by atoms with Crippen LogP contribution in [0.3, 0.4) is 0 Å². The van der Waals surface area contributed by atoms with Crippen molar-refractivity contribution in [1.82, 2.24) is 9.97 Å². The molecule has 1 N–H and O–H groups in total. The van der Waals surface area contributed by atoms with E-state index in [-0.39, 0.29) is 0 Å². The molecule has 26 heavy (non-hydrogen) atoms. The lowest BCUT2D eigenvalue weighted by molar-refractivity contribution is 1.31. The minimum Gasteiger partial charge on any atom is -0.337 e. The van der Waals surface area contributed by atoms with E-state index in [1.165, 1.54) is 0 Å². The summed E-state index contributed by atoms with van der Waals surface area (Å²) in [5.74, 6) is 0.689. The fraction of sp³-hybridized carbons (Fsp3) is 0. The van der Waals surface area contributed by atoms with Crippen LogP contribution in [0.2, 0.25) is 10.0 Å². The van der Waals surface area contributed by atoms with Crippen molar-refractivity contribution in [2.24, 2.45) is 0 Å². The zero-order valence-electron chi connectivity index (χ0n) is 13.5. The molecule has 3 aromatic carbocycles. The highest BCUT2D eigenvalue weighted by molar-refractivity contribution is 9.10. The van der Waals surface area contributed by atoms with E-state index in [1.54, 1.807) is 6.07 Å². The number of nitrogens with zero attached hydrogens (tertiary/aromatic N) is 1. The van der Waals surface area contributed by atoms with Gasteiger partial charge < -0.3 is 4.98 Å². The largest absolute Gasteiger partial charge is 0.337 e. The number of rotatable bonds is 3. The van der Waals surface area contributed by atoms with Crippen LogP contribution in [0.15, 0.2) is 77.3 Å². The predicted molar refractivity (Wildman–Crippen MR) is 113 cm³/mol. The van der Waals surface area contributed by atoms with Crippen molar-refractivity contribution in [2.75, 3.05) is 0 Å². The third kappa shape index (κ3) is 3.30. The molecule has 0 saturated carbocycles. The molecule has 1 aromatic heterocycles. The van der Waals surface area contributed by atoms with Crippen LogP contribution in [0, 0.1) is 0 Å². The molecule has 0 spiro atoms.